The molecule has 0 aliphatic heterocycles. The minimum atomic E-state index is -0.0303. The molecular weight excluding hydrogens is 162 g/mol. The molecule has 0 saturated heterocycles. The van der Waals surface area contributed by atoms with Gasteiger partial charge < -0.3 is 10.8 Å². The molecule has 0 unspecified atom stereocenters. The molecule has 0 aromatic carbocycles. The van der Waals surface area contributed by atoms with Crippen LogP contribution in [-0.4, -0.2) is 17.8 Å². The van der Waals surface area contributed by atoms with E-state index in [1.165, 1.54) is 19.3 Å². The first-order valence-electron chi connectivity index (χ1n) is 5.41. The maximum atomic E-state index is 9.36. The van der Waals surface area contributed by atoms with Crippen molar-refractivity contribution in [3.63, 3.8) is 0 Å². The lowest BCUT2D eigenvalue weighted by molar-refractivity contribution is 0.0944. The Balaban J connectivity index is 2.30. The number of aliphatic hydroxyl groups excluding tert-OH is 1. The Morgan fingerprint density at radius 2 is 1.77 bits per heavy atom. The molecule has 0 heterocycles. The van der Waals surface area contributed by atoms with E-state index in [9.17, 15) is 5.11 Å². The lowest BCUT2D eigenvalue weighted by Crippen LogP contribution is -2.29. The highest BCUT2D eigenvalue weighted by molar-refractivity contribution is 4.78. The van der Waals surface area contributed by atoms with Gasteiger partial charge in [-0.05, 0) is 50.0 Å². The van der Waals surface area contributed by atoms with E-state index >= 15 is 0 Å². The molecule has 0 bridgehead atoms. The van der Waals surface area contributed by atoms with E-state index in [2.05, 4.69) is 13.8 Å². The molecule has 1 saturated carbocycles. The fraction of sp³-hybridized carbons (Fsp3) is 1.00. The van der Waals surface area contributed by atoms with E-state index in [-0.39, 0.29) is 11.5 Å². The van der Waals surface area contributed by atoms with Crippen molar-refractivity contribution in [3.05, 3.63) is 0 Å². The van der Waals surface area contributed by atoms with Crippen molar-refractivity contribution in [1.29, 1.82) is 0 Å². The van der Waals surface area contributed by atoms with E-state index < -0.39 is 0 Å². The van der Waals surface area contributed by atoms with Crippen LogP contribution in [0.3, 0.4) is 0 Å². The molecular formula is C11H23NO. The van der Waals surface area contributed by atoms with Crippen molar-refractivity contribution in [1.82, 2.24) is 0 Å². The van der Waals surface area contributed by atoms with Gasteiger partial charge in [0.25, 0.3) is 0 Å². The first-order valence-corrected chi connectivity index (χ1v) is 5.41. The summed E-state index contributed by atoms with van der Waals surface area (Å²) in [5.41, 5.74) is 5.99. The van der Waals surface area contributed by atoms with Gasteiger partial charge in [0, 0.05) is 0 Å². The molecule has 0 radical (unpaired) electrons. The fourth-order valence-corrected chi connectivity index (χ4v) is 2.21. The second kappa shape index (κ2) is 4.43. The second-order valence-corrected chi connectivity index (χ2v) is 5.25. The van der Waals surface area contributed by atoms with E-state index in [4.69, 9.17) is 5.73 Å². The van der Waals surface area contributed by atoms with Crippen LogP contribution < -0.4 is 5.73 Å². The Morgan fingerprint density at radius 1 is 1.23 bits per heavy atom. The van der Waals surface area contributed by atoms with Crippen molar-refractivity contribution in [2.45, 2.75) is 52.1 Å². The molecule has 0 aromatic heterocycles. The van der Waals surface area contributed by atoms with E-state index in [0.29, 0.717) is 0 Å². The first kappa shape index (κ1) is 11.0. The highest BCUT2D eigenvalue weighted by Crippen LogP contribution is 2.33. The lowest BCUT2D eigenvalue weighted by Gasteiger charge is -2.32. The van der Waals surface area contributed by atoms with Crippen LogP contribution in [0.15, 0.2) is 0 Å². The van der Waals surface area contributed by atoms with Gasteiger partial charge in [-0.3, -0.25) is 0 Å². The molecule has 13 heavy (non-hydrogen) atoms. The molecule has 0 atom stereocenters. The Bertz CT molecular complexity index is 148. The molecule has 1 fully saturated rings. The zero-order valence-electron chi connectivity index (χ0n) is 8.92. The largest absolute Gasteiger partial charge is 0.393 e. The number of nitrogens with two attached hydrogens (primary N) is 1. The molecule has 1 aliphatic rings. The highest BCUT2D eigenvalue weighted by atomic mass is 16.3. The summed E-state index contributed by atoms with van der Waals surface area (Å²) in [6.45, 7) is 5.24. The Kier molecular flexibility index (Phi) is 3.74. The SMILES string of the molecule is CC(C)(CN)CC1CCC(O)CC1. The third kappa shape index (κ3) is 3.65. The molecule has 2 heteroatoms. The van der Waals surface area contributed by atoms with E-state index in [0.717, 1.165) is 25.3 Å². The van der Waals surface area contributed by atoms with Crippen LogP contribution in [-0.2, 0) is 0 Å². The molecule has 2 nitrogen and oxygen atoms in total. The second-order valence-electron chi connectivity index (χ2n) is 5.25. The minimum absolute atomic E-state index is 0.0303. The Hall–Kier alpha value is -0.0800. The van der Waals surface area contributed by atoms with Crippen LogP contribution in [0.1, 0.15) is 46.0 Å². The maximum Gasteiger partial charge on any atom is 0.0540 e. The van der Waals surface area contributed by atoms with Gasteiger partial charge >= 0.3 is 0 Å². The van der Waals surface area contributed by atoms with Crippen molar-refractivity contribution in [3.8, 4) is 0 Å². The zero-order valence-corrected chi connectivity index (χ0v) is 8.92. The minimum Gasteiger partial charge on any atom is -0.393 e. The zero-order chi connectivity index (χ0) is 9.90. The van der Waals surface area contributed by atoms with Crippen LogP contribution in [0, 0.1) is 11.3 Å². The topological polar surface area (TPSA) is 46.2 Å². The van der Waals surface area contributed by atoms with E-state index in [1.807, 2.05) is 0 Å². The summed E-state index contributed by atoms with van der Waals surface area (Å²) < 4.78 is 0. The number of aliphatic hydroxyl groups is 1. The van der Waals surface area contributed by atoms with Crippen molar-refractivity contribution in [2.75, 3.05) is 6.54 Å². The summed E-state index contributed by atoms with van der Waals surface area (Å²) >= 11 is 0. The van der Waals surface area contributed by atoms with Gasteiger partial charge in [0.1, 0.15) is 0 Å². The van der Waals surface area contributed by atoms with Gasteiger partial charge in [-0.2, -0.15) is 0 Å². The van der Waals surface area contributed by atoms with Crippen molar-refractivity contribution < 1.29 is 5.11 Å². The molecule has 0 spiro atoms. The predicted octanol–water partition coefficient (Wildman–Crippen LogP) is 1.91. The standard InChI is InChI=1S/C11H23NO/c1-11(2,8-12)7-9-3-5-10(13)6-4-9/h9-10,13H,3-8,12H2,1-2H3. The van der Waals surface area contributed by atoms with Crippen LogP contribution in [0.5, 0.6) is 0 Å². The summed E-state index contributed by atoms with van der Waals surface area (Å²) in [5, 5.41) is 9.36. The van der Waals surface area contributed by atoms with Gasteiger partial charge in [-0.1, -0.05) is 13.8 Å². The van der Waals surface area contributed by atoms with Crippen molar-refractivity contribution in [2.24, 2.45) is 17.1 Å². The first-order chi connectivity index (χ1) is 6.03. The van der Waals surface area contributed by atoms with Crippen LogP contribution in [0.25, 0.3) is 0 Å². The molecule has 0 amide bonds. The lowest BCUT2D eigenvalue weighted by atomic mass is 9.76. The van der Waals surface area contributed by atoms with Crippen molar-refractivity contribution >= 4 is 0 Å². The average molecular weight is 185 g/mol. The number of hydrogen-bond donors (Lipinski definition) is 2. The predicted molar refractivity (Wildman–Crippen MR) is 55.4 cm³/mol. The summed E-state index contributed by atoms with van der Waals surface area (Å²) in [6, 6.07) is 0. The summed E-state index contributed by atoms with van der Waals surface area (Å²) in [6.07, 6.45) is 5.54. The van der Waals surface area contributed by atoms with Gasteiger partial charge in [0.05, 0.1) is 6.10 Å². The number of hydrogen-bond acceptors (Lipinski definition) is 2. The molecule has 0 aromatic rings. The van der Waals surface area contributed by atoms with E-state index in [1.54, 1.807) is 0 Å². The maximum absolute atomic E-state index is 9.36. The van der Waals surface area contributed by atoms with Crippen LogP contribution >= 0.6 is 0 Å². The fourth-order valence-electron chi connectivity index (χ4n) is 2.21. The van der Waals surface area contributed by atoms with Gasteiger partial charge in [-0.15, -0.1) is 0 Å². The third-order valence-corrected chi connectivity index (χ3v) is 3.21. The third-order valence-electron chi connectivity index (χ3n) is 3.21. The smallest absolute Gasteiger partial charge is 0.0540 e. The van der Waals surface area contributed by atoms with Gasteiger partial charge in [-0.25, -0.2) is 0 Å². The Morgan fingerprint density at radius 3 is 2.23 bits per heavy atom. The highest BCUT2D eigenvalue weighted by Gasteiger charge is 2.25. The molecule has 3 N–H and O–H groups in total. The van der Waals surface area contributed by atoms with Crippen LogP contribution in [0.2, 0.25) is 0 Å². The summed E-state index contributed by atoms with van der Waals surface area (Å²) in [4.78, 5) is 0. The summed E-state index contributed by atoms with van der Waals surface area (Å²) in [5.74, 6) is 0.793. The van der Waals surface area contributed by atoms with Gasteiger partial charge in [0.2, 0.25) is 0 Å². The average Bonchev–Trinajstić information content (AvgIpc) is 2.09. The normalized spacial score (nSPS) is 30.5. The molecule has 1 rings (SSSR count). The molecule has 1 aliphatic carbocycles. The quantitative estimate of drug-likeness (QED) is 0.705. The number of rotatable bonds is 3. The van der Waals surface area contributed by atoms with Gasteiger partial charge in [0.15, 0.2) is 0 Å². The van der Waals surface area contributed by atoms with Crippen LogP contribution in [0.4, 0.5) is 0 Å². The summed E-state index contributed by atoms with van der Waals surface area (Å²) in [7, 11) is 0. The molecule has 78 valence electrons. The monoisotopic (exact) mass is 185 g/mol. The Labute approximate surface area is 81.5 Å².